The smallest absolute Gasteiger partial charge is 0.249 e. The van der Waals surface area contributed by atoms with Gasteiger partial charge in [-0.15, -0.1) is 0 Å². The first-order valence-corrected chi connectivity index (χ1v) is 24.8. The predicted molar refractivity (Wildman–Crippen MR) is 186 cm³/mol. The zero-order valence-electron chi connectivity index (χ0n) is 24.1. The third kappa shape index (κ3) is 13.0. The Bertz CT molecular complexity index is 731. The molecular formula is C28H51NO4P2S5. The number of nitrogens with one attached hydrogen (secondary N) is 1. The second-order valence-corrected chi connectivity index (χ2v) is 24.9. The van der Waals surface area contributed by atoms with Gasteiger partial charge in [-0.3, -0.25) is 0 Å². The van der Waals surface area contributed by atoms with Crippen molar-refractivity contribution in [2.75, 3.05) is 11.6 Å². The van der Waals surface area contributed by atoms with E-state index in [-0.39, 0.29) is 24.4 Å². The van der Waals surface area contributed by atoms with Crippen LogP contribution < -0.4 is 5.32 Å². The first kappa shape index (κ1) is 34.6. The van der Waals surface area contributed by atoms with Gasteiger partial charge in [0.05, 0.1) is 35.3 Å². The molecule has 0 saturated heterocycles. The number of hydrogen-bond acceptors (Lipinski definition) is 9. The van der Waals surface area contributed by atoms with Crippen molar-refractivity contribution in [2.45, 2.75) is 159 Å². The number of hydrogen-bond donors (Lipinski definition) is 1. The van der Waals surface area contributed by atoms with E-state index in [0.717, 1.165) is 68.5 Å². The normalized spacial score (nSPS) is 23.3. The second kappa shape index (κ2) is 18.6. The molecule has 0 aromatic heterocycles. The van der Waals surface area contributed by atoms with Crippen molar-refractivity contribution in [3.8, 4) is 0 Å². The van der Waals surface area contributed by atoms with Gasteiger partial charge in [-0.2, -0.15) is 0 Å². The van der Waals surface area contributed by atoms with Crippen LogP contribution in [0.3, 0.4) is 0 Å². The summed E-state index contributed by atoms with van der Waals surface area (Å²) < 4.78 is 26.3. The van der Waals surface area contributed by atoms with Gasteiger partial charge in [0.1, 0.15) is 0 Å². The molecule has 4 aliphatic rings. The van der Waals surface area contributed by atoms with Crippen molar-refractivity contribution in [3.63, 3.8) is 0 Å². The van der Waals surface area contributed by atoms with Crippen LogP contribution in [0.25, 0.3) is 0 Å². The fraction of sp³-hybridized carbons (Fsp3) is 0.964. The molecule has 0 amide bonds. The van der Waals surface area contributed by atoms with Crippen LogP contribution in [0.1, 0.15) is 135 Å². The molecule has 4 saturated carbocycles. The first-order valence-electron chi connectivity index (χ1n) is 15.9. The monoisotopic (exact) mass is 687 g/mol. The molecular weight excluding hydrogens is 637 g/mol. The van der Waals surface area contributed by atoms with Gasteiger partial charge in [0.2, 0.25) is 11.4 Å². The maximum absolute atomic E-state index is 6.59. The molecule has 5 nitrogen and oxygen atoms in total. The zero-order chi connectivity index (χ0) is 28.1. The fourth-order valence-electron chi connectivity index (χ4n) is 6.11. The average molecular weight is 688 g/mol. The molecule has 0 spiro atoms. The van der Waals surface area contributed by atoms with Crippen LogP contribution in [-0.2, 0) is 41.7 Å². The summed E-state index contributed by atoms with van der Waals surface area (Å²) in [6.07, 6.45) is 25.7. The molecule has 12 heteroatoms. The Hall–Kier alpha value is 1.73. The van der Waals surface area contributed by atoms with Crippen LogP contribution in [0, 0.1) is 0 Å². The SMILES string of the molecule is S=C(CCSP(=S)(OC1CCCCC1)OC1CCCCC1)NCSP(=S)(OC1CCCCC1)OC1CCCCC1. The van der Waals surface area contributed by atoms with E-state index in [1.807, 2.05) is 0 Å². The lowest BCUT2D eigenvalue weighted by atomic mass is 9.98. The lowest BCUT2D eigenvalue weighted by Crippen LogP contribution is -2.23. The molecule has 0 aromatic rings. The summed E-state index contributed by atoms with van der Waals surface area (Å²) in [5, 5.41) is 3.44. The summed E-state index contributed by atoms with van der Waals surface area (Å²) in [5.74, 6) is 1.45. The Labute approximate surface area is 267 Å². The van der Waals surface area contributed by atoms with Crippen molar-refractivity contribution in [1.29, 1.82) is 0 Å². The van der Waals surface area contributed by atoms with E-state index in [1.54, 1.807) is 22.8 Å². The van der Waals surface area contributed by atoms with E-state index in [0.29, 0.717) is 5.88 Å². The summed E-state index contributed by atoms with van der Waals surface area (Å²) in [7, 11) is 0. The van der Waals surface area contributed by atoms with E-state index in [2.05, 4.69) is 5.32 Å². The highest BCUT2D eigenvalue weighted by Gasteiger charge is 2.32. The summed E-state index contributed by atoms with van der Waals surface area (Å²) in [4.78, 5) is 0.841. The van der Waals surface area contributed by atoms with Crippen molar-refractivity contribution in [3.05, 3.63) is 0 Å². The molecule has 0 unspecified atom stereocenters. The molecule has 40 heavy (non-hydrogen) atoms. The Morgan fingerprint density at radius 2 is 0.875 bits per heavy atom. The van der Waals surface area contributed by atoms with E-state index in [4.69, 9.17) is 53.9 Å². The maximum atomic E-state index is 6.59. The van der Waals surface area contributed by atoms with Crippen LogP contribution >= 0.6 is 46.4 Å². The van der Waals surface area contributed by atoms with Gasteiger partial charge in [0, 0.05) is 12.2 Å². The maximum Gasteiger partial charge on any atom is 0.249 e. The van der Waals surface area contributed by atoms with Crippen LogP contribution in [0.2, 0.25) is 0 Å². The van der Waals surface area contributed by atoms with Gasteiger partial charge in [-0.05, 0) is 86.4 Å². The Balaban J connectivity index is 1.23. The second-order valence-electron chi connectivity index (χ2n) is 11.8. The van der Waals surface area contributed by atoms with Gasteiger partial charge >= 0.3 is 0 Å². The Kier molecular flexibility index (Phi) is 16.1. The molecule has 4 fully saturated rings. The molecule has 0 aromatic carbocycles. The van der Waals surface area contributed by atoms with E-state index in [9.17, 15) is 0 Å². The molecule has 0 heterocycles. The molecule has 4 aliphatic carbocycles. The van der Waals surface area contributed by atoms with Crippen molar-refractivity contribution < 1.29 is 18.1 Å². The summed E-state index contributed by atoms with van der Waals surface area (Å²) in [6, 6.07) is 0. The fourth-order valence-corrected chi connectivity index (χ4v) is 16.5. The average Bonchev–Trinajstić information content (AvgIpc) is 2.95. The van der Waals surface area contributed by atoms with Gasteiger partial charge in [0.15, 0.2) is 0 Å². The lowest BCUT2D eigenvalue weighted by Gasteiger charge is -2.33. The third-order valence-corrected chi connectivity index (χ3v) is 19.1. The van der Waals surface area contributed by atoms with Crippen molar-refractivity contribution >= 4 is 75.0 Å². The highest BCUT2D eigenvalue weighted by atomic mass is 32.9. The molecule has 0 bridgehead atoms. The van der Waals surface area contributed by atoms with Gasteiger partial charge in [0.25, 0.3) is 0 Å². The van der Waals surface area contributed by atoms with E-state index >= 15 is 0 Å². The predicted octanol–water partition coefficient (Wildman–Crippen LogP) is 10.6. The minimum absolute atomic E-state index is 0.247. The largest absolute Gasteiger partial charge is 0.370 e. The standard InChI is InChI=1S/C28H51NO4P2S5/c36-28(21-22-39-34(37,30-24-13-5-1-6-14-24)31-25-15-7-2-8-16-25)29-23-40-35(38,32-26-17-9-3-10-18-26)33-27-19-11-4-12-20-27/h24-27H,1-23H2,(H,29,36). The number of thiocarbonyl (C=S) groups is 1. The quantitative estimate of drug-likeness (QED) is 0.102. The van der Waals surface area contributed by atoms with Crippen molar-refractivity contribution in [2.24, 2.45) is 0 Å². The first-order chi connectivity index (χ1) is 19.4. The van der Waals surface area contributed by atoms with Crippen LogP contribution in [0.4, 0.5) is 0 Å². The molecule has 1 N–H and O–H groups in total. The third-order valence-electron chi connectivity index (χ3n) is 8.39. The molecule has 4 rings (SSSR count). The van der Waals surface area contributed by atoms with Crippen LogP contribution in [0.15, 0.2) is 0 Å². The topological polar surface area (TPSA) is 49.0 Å². The molecule has 0 atom stereocenters. The molecule has 0 radical (unpaired) electrons. The van der Waals surface area contributed by atoms with Crippen LogP contribution in [0.5, 0.6) is 0 Å². The van der Waals surface area contributed by atoms with E-state index in [1.165, 1.54) is 77.0 Å². The van der Waals surface area contributed by atoms with E-state index < -0.39 is 11.4 Å². The minimum atomic E-state index is -2.44. The van der Waals surface area contributed by atoms with Gasteiger partial charge < -0.3 is 23.4 Å². The molecule has 232 valence electrons. The number of rotatable bonds is 15. The van der Waals surface area contributed by atoms with Crippen molar-refractivity contribution in [1.82, 2.24) is 5.32 Å². The highest BCUT2D eigenvalue weighted by molar-refractivity contribution is 8.68. The Morgan fingerprint density at radius 3 is 1.23 bits per heavy atom. The summed E-state index contributed by atoms with van der Waals surface area (Å²) in [5.41, 5.74) is -4.84. The summed E-state index contributed by atoms with van der Waals surface area (Å²) >= 11 is 21.3. The summed E-state index contributed by atoms with van der Waals surface area (Å²) in [6.45, 7) is 0. The Morgan fingerprint density at radius 1 is 0.550 bits per heavy atom. The van der Waals surface area contributed by atoms with Gasteiger partial charge in [-0.1, -0.05) is 101 Å². The molecule has 0 aliphatic heterocycles. The highest BCUT2D eigenvalue weighted by Crippen LogP contribution is 2.65. The zero-order valence-corrected chi connectivity index (χ0v) is 30.0. The minimum Gasteiger partial charge on any atom is -0.370 e. The lowest BCUT2D eigenvalue weighted by molar-refractivity contribution is 0.109. The van der Waals surface area contributed by atoms with Gasteiger partial charge in [-0.25, -0.2) is 0 Å². The van der Waals surface area contributed by atoms with Crippen LogP contribution in [-0.4, -0.2) is 41.0 Å².